The van der Waals surface area contributed by atoms with Gasteiger partial charge in [0.2, 0.25) is 0 Å². The van der Waals surface area contributed by atoms with Crippen molar-refractivity contribution < 1.29 is 4.79 Å². The molecule has 24 heavy (non-hydrogen) atoms. The fourth-order valence-electron chi connectivity index (χ4n) is 3.25. The van der Waals surface area contributed by atoms with Crippen molar-refractivity contribution in [2.24, 2.45) is 0 Å². The van der Waals surface area contributed by atoms with Crippen LogP contribution in [0.25, 0.3) is 4.96 Å². The molecule has 6 heteroatoms. The molecule has 3 aromatic rings. The lowest BCUT2D eigenvalue weighted by Crippen LogP contribution is -2.43. The van der Waals surface area contributed by atoms with Crippen molar-refractivity contribution in [1.29, 1.82) is 0 Å². The van der Waals surface area contributed by atoms with Crippen LogP contribution in [0.3, 0.4) is 0 Å². The van der Waals surface area contributed by atoms with E-state index in [2.05, 4.69) is 34.4 Å². The van der Waals surface area contributed by atoms with Gasteiger partial charge in [-0.3, -0.25) is 9.20 Å². The average molecular weight is 338 g/mol. The second kappa shape index (κ2) is 5.49. The molecule has 0 bridgehead atoms. The first kappa shape index (κ1) is 15.0. The Morgan fingerprint density at radius 2 is 2.17 bits per heavy atom. The third-order valence-corrected chi connectivity index (χ3v) is 5.17. The number of benzene rings is 1. The van der Waals surface area contributed by atoms with Crippen LogP contribution < -0.4 is 5.32 Å². The lowest BCUT2D eigenvalue weighted by atomic mass is 10.1. The van der Waals surface area contributed by atoms with Crippen LogP contribution in [0.4, 0.5) is 5.69 Å². The Balaban J connectivity index is 1.90. The molecule has 1 aromatic carbocycles. The van der Waals surface area contributed by atoms with Crippen molar-refractivity contribution in [2.75, 3.05) is 11.9 Å². The van der Waals surface area contributed by atoms with E-state index in [1.807, 2.05) is 31.2 Å². The first-order valence-electron chi connectivity index (χ1n) is 7.82. The quantitative estimate of drug-likeness (QED) is 0.740. The molecule has 1 amide bonds. The number of rotatable bonds is 3. The Kier molecular flexibility index (Phi) is 3.42. The van der Waals surface area contributed by atoms with Gasteiger partial charge in [-0.05, 0) is 26.0 Å². The van der Waals surface area contributed by atoms with Crippen LogP contribution in [0, 0.1) is 13.8 Å². The van der Waals surface area contributed by atoms with Gasteiger partial charge in [0.1, 0.15) is 6.17 Å². The molecule has 1 atom stereocenters. The number of para-hydroxylation sites is 1. The van der Waals surface area contributed by atoms with E-state index < -0.39 is 0 Å². The van der Waals surface area contributed by atoms with Gasteiger partial charge in [-0.1, -0.05) is 18.2 Å². The summed E-state index contributed by atoms with van der Waals surface area (Å²) in [6.45, 7) is 8.33. The Bertz CT molecular complexity index is 955. The molecular formula is C18H18N4OS. The lowest BCUT2D eigenvalue weighted by Gasteiger charge is -2.37. The first-order chi connectivity index (χ1) is 11.6. The summed E-state index contributed by atoms with van der Waals surface area (Å²) in [4.78, 5) is 21.6. The number of imidazole rings is 1. The fourth-order valence-corrected chi connectivity index (χ4v) is 4.12. The highest BCUT2D eigenvalue weighted by Crippen LogP contribution is 2.35. The molecule has 0 saturated heterocycles. The van der Waals surface area contributed by atoms with Gasteiger partial charge in [-0.15, -0.1) is 17.9 Å². The molecule has 0 fully saturated rings. The number of aromatic nitrogens is 2. The average Bonchev–Trinajstić information content (AvgIpc) is 3.04. The van der Waals surface area contributed by atoms with Gasteiger partial charge >= 0.3 is 0 Å². The van der Waals surface area contributed by atoms with Gasteiger partial charge in [0.05, 0.1) is 17.0 Å². The van der Waals surface area contributed by atoms with E-state index in [4.69, 9.17) is 0 Å². The number of hydrogen-bond donors (Lipinski definition) is 1. The standard InChI is InChI=1S/C18H18N4OS/c1-4-9-21-16(20-14-8-6-5-7-13(14)17(21)23)15-12(3)19-18-22(15)10-11(2)24-18/h4-8,10,16,20H,1,9H2,2-3H3. The summed E-state index contributed by atoms with van der Waals surface area (Å²) >= 11 is 1.65. The number of carbonyl (C=O) groups excluding carboxylic acids is 1. The number of aryl methyl sites for hydroxylation is 2. The number of thiazole rings is 1. The second-order valence-corrected chi connectivity index (χ2v) is 7.13. The number of anilines is 1. The predicted octanol–water partition coefficient (Wildman–Crippen LogP) is 3.77. The molecule has 0 radical (unpaired) electrons. The van der Waals surface area contributed by atoms with Crippen molar-refractivity contribution in [3.63, 3.8) is 0 Å². The summed E-state index contributed by atoms with van der Waals surface area (Å²) < 4.78 is 2.09. The van der Waals surface area contributed by atoms with E-state index >= 15 is 0 Å². The minimum Gasteiger partial charge on any atom is -0.359 e. The van der Waals surface area contributed by atoms with Crippen LogP contribution in [0.2, 0.25) is 0 Å². The molecule has 1 unspecified atom stereocenters. The molecule has 4 rings (SSSR count). The van der Waals surface area contributed by atoms with E-state index in [0.29, 0.717) is 12.1 Å². The molecule has 1 aliphatic heterocycles. The smallest absolute Gasteiger partial charge is 0.258 e. The maximum atomic E-state index is 13.0. The largest absolute Gasteiger partial charge is 0.359 e. The summed E-state index contributed by atoms with van der Waals surface area (Å²) in [5, 5.41) is 3.51. The fraction of sp³-hybridized carbons (Fsp3) is 0.222. The molecule has 2 aromatic heterocycles. The number of fused-ring (bicyclic) bond motifs is 2. The summed E-state index contributed by atoms with van der Waals surface area (Å²) in [5.41, 5.74) is 3.48. The maximum absolute atomic E-state index is 13.0. The highest BCUT2D eigenvalue weighted by Gasteiger charge is 2.35. The molecular weight excluding hydrogens is 320 g/mol. The van der Waals surface area contributed by atoms with Gasteiger partial charge < -0.3 is 10.2 Å². The Labute approximate surface area is 144 Å². The summed E-state index contributed by atoms with van der Waals surface area (Å²) in [7, 11) is 0. The van der Waals surface area contributed by atoms with Gasteiger partial charge in [0.15, 0.2) is 4.96 Å². The molecule has 0 aliphatic carbocycles. The van der Waals surface area contributed by atoms with Crippen LogP contribution >= 0.6 is 11.3 Å². The third-order valence-electron chi connectivity index (χ3n) is 4.27. The van der Waals surface area contributed by atoms with Crippen LogP contribution in [-0.4, -0.2) is 26.7 Å². The Hall–Kier alpha value is -2.60. The van der Waals surface area contributed by atoms with Gasteiger partial charge in [0, 0.05) is 23.3 Å². The lowest BCUT2D eigenvalue weighted by molar-refractivity contribution is 0.0703. The normalized spacial score (nSPS) is 17.0. The van der Waals surface area contributed by atoms with E-state index in [1.165, 1.54) is 4.88 Å². The minimum atomic E-state index is -0.269. The van der Waals surface area contributed by atoms with Crippen molar-refractivity contribution in [2.45, 2.75) is 20.0 Å². The van der Waals surface area contributed by atoms with Crippen LogP contribution in [0.1, 0.15) is 32.8 Å². The second-order valence-electron chi connectivity index (χ2n) is 5.92. The van der Waals surface area contributed by atoms with Crippen LogP contribution in [-0.2, 0) is 0 Å². The highest BCUT2D eigenvalue weighted by molar-refractivity contribution is 7.17. The van der Waals surface area contributed by atoms with Crippen molar-refractivity contribution in [3.05, 3.63) is 64.9 Å². The zero-order chi connectivity index (χ0) is 16.8. The zero-order valence-electron chi connectivity index (χ0n) is 13.6. The number of nitrogens with zero attached hydrogens (tertiary/aromatic N) is 3. The predicted molar refractivity (Wildman–Crippen MR) is 96.6 cm³/mol. The van der Waals surface area contributed by atoms with Gasteiger partial charge in [0.25, 0.3) is 5.91 Å². The minimum absolute atomic E-state index is 0.00977. The summed E-state index contributed by atoms with van der Waals surface area (Å²) in [6, 6.07) is 7.62. The van der Waals surface area contributed by atoms with E-state index in [9.17, 15) is 4.79 Å². The van der Waals surface area contributed by atoms with Gasteiger partial charge in [-0.2, -0.15) is 0 Å². The van der Waals surface area contributed by atoms with E-state index in [0.717, 1.165) is 22.0 Å². The molecule has 1 aliphatic rings. The highest BCUT2D eigenvalue weighted by atomic mass is 32.1. The zero-order valence-corrected chi connectivity index (χ0v) is 14.4. The van der Waals surface area contributed by atoms with Crippen molar-refractivity contribution in [3.8, 4) is 0 Å². The molecule has 0 saturated carbocycles. The number of nitrogens with one attached hydrogen (secondary N) is 1. The topological polar surface area (TPSA) is 49.6 Å². The number of amides is 1. The molecule has 1 N–H and O–H groups in total. The van der Waals surface area contributed by atoms with Crippen LogP contribution in [0.5, 0.6) is 0 Å². The maximum Gasteiger partial charge on any atom is 0.258 e. The number of carbonyl (C=O) groups is 1. The molecule has 122 valence electrons. The summed E-state index contributed by atoms with van der Waals surface area (Å²) in [5.74, 6) is 0.00977. The number of hydrogen-bond acceptors (Lipinski definition) is 4. The molecule has 0 spiro atoms. The van der Waals surface area contributed by atoms with E-state index in [1.54, 1.807) is 22.3 Å². The monoisotopic (exact) mass is 338 g/mol. The Morgan fingerprint density at radius 1 is 1.38 bits per heavy atom. The molecule has 5 nitrogen and oxygen atoms in total. The third kappa shape index (κ3) is 2.14. The first-order valence-corrected chi connectivity index (χ1v) is 8.64. The molecule has 3 heterocycles. The SMILES string of the molecule is C=CCN1C(=O)c2ccccc2NC1c1c(C)nc2sc(C)cn12. The van der Waals surface area contributed by atoms with Gasteiger partial charge in [-0.25, -0.2) is 4.98 Å². The van der Waals surface area contributed by atoms with Crippen LogP contribution in [0.15, 0.2) is 43.1 Å². The summed E-state index contributed by atoms with van der Waals surface area (Å²) in [6.07, 6.45) is 3.57. The Morgan fingerprint density at radius 3 is 2.96 bits per heavy atom. The van der Waals surface area contributed by atoms with Crippen molar-refractivity contribution >= 4 is 27.9 Å². The van der Waals surface area contributed by atoms with Crippen molar-refractivity contribution in [1.82, 2.24) is 14.3 Å². The van der Waals surface area contributed by atoms with E-state index in [-0.39, 0.29) is 12.1 Å².